The summed E-state index contributed by atoms with van der Waals surface area (Å²) in [6.45, 7) is 3.45. The summed E-state index contributed by atoms with van der Waals surface area (Å²) in [4.78, 5) is 6.79. The molecule has 1 aliphatic heterocycles. The van der Waals surface area contributed by atoms with Gasteiger partial charge in [0, 0.05) is 25.5 Å². The molecule has 0 radical (unpaired) electrons. The standard InChI is InChI=1S/C17H23N5/c18-17(21-10-4-1-5-11-21)19-13-15-7-2-3-8-16(15)14-22-12-6-9-20-22/h2-3,6-9,12H,1,4-5,10-11,13-14H2,(H2,18,19). The number of hydrogen-bond acceptors (Lipinski definition) is 2. The molecule has 2 aromatic rings. The Kier molecular flexibility index (Phi) is 4.73. The van der Waals surface area contributed by atoms with Crippen LogP contribution in [0.5, 0.6) is 0 Å². The number of nitrogens with two attached hydrogens (primary N) is 1. The Labute approximate surface area is 131 Å². The smallest absolute Gasteiger partial charge is 0.191 e. The normalized spacial score (nSPS) is 16.0. The second kappa shape index (κ2) is 7.11. The molecule has 1 fully saturated rings. The van der Waals surface area contributed by atoms with Crippen LogP contribution in [0, 0.1) is 0 Å². The molecule has 2 heterocycles. The third-order valence-corrected chi connectivity index (χ3v) is 4.10. The molecule has 0 spiro atoms. The van der Waals surface area contributed by atoms with Crippen molar-refractivity contribution in [3.05, 3.63) is 53.9 Å². The van der Waals surface area contributed by atoms with E-state index in [2.05, 4.69) is 39.3 Å². The minimum Gasteiger partial charge on any atom is -0.370 e. The monoisotopic (exact) mass is 297 g/mol. The highest BCUT2D eigenvalue weighted by Crippen LogP contribution is 2.13. The van der Waals surface area contributed by atoms with Crippen molar-refractivity contribution in [2.75, 3.05) is 13.1 Å². The van der Waals surface area contributed by atoms with E-state index in [1.807, 2.05) is 16.9 Å². The van der Waals surface area contributed by atoms with Gasteiger partial charge in [-0.2, -0.15) is 5.10 Å². The Morgan fingerprint density at radius 1 is 1.09 bits per heavy atom. The minimum absolute atomic E-state index is 0.625. The average molecular weight is 297 g/mol. The first kappa shape index (κ1) is 14.6. The molecule has 0 saturated carbocycles. The van der Waals surface area contributed by atoms with Gasteiger partial charge in [-0.25, -0.2) is 4.99 Å². The minimum atomic E-state index is 0.625. The van der Waals surface area contributed by atoms with E-state index >= 15 is 0 Å². The number of guanidine groups is 1. The highest BCUT2D eigenvalue weighted by molar-refractivity contribution is 5.78. The zero-order chi connectivity index (χ0) is 15.2. The van der Waals surface area contributed by atoms with Crippen molar-refractivity contribution in [3.63, 3.8) is 0 Å². The summed E-state index contributed by atoms with van der Waals surface area (Å²) in [5.74, 6) is 0.675. The number of hydrogen-bond donors (Lipinski definition) is 1. The summed E-state index contributed by atoms with van der Waals surface area (Å²) in [6.07, 6.45) is 7.51. The zero-order valence-corrected chi connectivity index (χ0v) is 12.9. The molecule has 1 saturated heterocycles. The quantitative estimate of drug-likeness (QED) is 0.695. The average Bonchev–Trinajstić information content (AvgIpc) is 3.07. The summed E-state index contributed by atoms with van der Waals surface area (Å²) in [5.41, 5.74) is 8.58. The van der Waals surface area contributed by atoms with Gasteiger partial charge in [-0.3, -0.25) is 4.68 Å². The van der Waals surface area contributed by atoms with Gasteiger partial charge < -0.3 is 10.6 Å². The second-order valence-electron chi connectivity index (χ2n) is 5.69. The van der Waals surface area contributed by atoms with Crippen molar-refractivity contribution in [1.82, 2.24) is 14.7 Å². The van der Waals surface area contributed by atoms with Crippen LogP contribution in [0.25, 0.3) is 0 Å². The lowest BCUT2D eigenvalue weighted by atomic mass is 10.1. The summed E-state index contributed by atoms with van der Waals surface area (Å²) >= 11 is 0. The van der Waals surface area contributed by atoms with Gasteiger partial charge in [0.1, 0.15) is 0 Å². The molecule has 1 aromatic carbocycles. The molecule has 1 aromatic heterocycles. The first-order chi connectivity index (χ1) is 10.8. The SMILES string of the molecule is NC(=NCc1ccccc1Cn1cccn1)N1CCCCC1. The highest BCUT2D eigenvalue weighted by Gasteiger charge is 2.12. The van der Waals surface area contributed by atoms with E-state index in [0.29, 0.717) is 12.5 Å². The summed E-state index contributed by atoms with van der Waals surface area (Å²) in [7, 11) is 0. The fourth-order valence-corrected chi connectivity index (χ4v) is 2.82. The molecule has 22 heavy (non-hydrogen) atoms. The molecule has 3 rings (SSSR count). The zero-order valence-electron chi connectivity index (χ0n) is 12.9. The predicted molar refractivity (Wildman–Crippen MR) is 88.5 cm³/mol. The van der Waals surface area contributed by atoms with Gasteiger partial charge in [-0.1, -0.05) is 24.3 Å². The molecular formula is C17H23N5. The molecule has 2 N–H and O–H groups in total. The van der Waals surface area contributed by atoms with Gasteiger partial charge in [-0.15, -0.1) is 0 Å². The van der Waals surface area contributed by atoms with Crippen LogP contribution < -0.4 is 5.73 Å². The summed E-state index contributed by atoms with van der Waals surface area (Å²) in [5, 5.41) is 4.27. The highest BCUT2D eigenvalue weighted by atomic mass is 15.3. The van der Waals surface area contributed by atoms with Gasteiger partial charge in [0.2, 0.25) is 0 Å². The topological polar surface area (TPSA) is 59.4 Å². The van der Waals surface area contributed by atoms with Crippen molar-refractivity contribution < 1.29 is 0 Å². The molecule has 0 atom stereocenters. The van der Waals surface area contributed by atoms with E-state index in [4.69, 9.17) is 5.73 Å². The van der Waals surface area contributed by atoms with Crippen molar-refractivity contribution in [2.45, 2.75) is 32.4 Å². The third kappa shape index (κ3) is 3.67. The third-order valence-electron chi connectivity index (χ3n) is 4.10. The van der Waals surface area contributed by atoms with E-state index in [1.54, 1.807) is 6.20 Å². The number of benzene rings is 1. The molecule has 5 nitrogen and oxygen atoms in total. The Morgan fingerprint density at radius 3 is 2.59 bits per heavy atom. The van der Waals surface area contributed by atoms with Crippen LogP contribution in [0.1, 0.15) is 30.4 Å². The summed E-state index contributed by atoms with van der Waals surface area (Å²) in [6, 6.07) is 10.3. The second-order valence-corrected chi connectivity index (χ2v) is 5.69. The van der Waals surface area contributed by atoms with Crippen LogP contribution in [-0.2, 0) is 13.1 Å². The van der Waals surface area contributed by atoms with Crippen molar-refractivity contribution in [3.8, 4) is 0 Å². The van der Waals surface area contributed by atoms with Gasteiger partial charge in [0.05, 0.1) is 13.1 Å². The first-order valence-electron chi connectivity index (χ1n) is 7.92. The van der Waals surface area contributed by atoms with Gasteiger partial charge in [0.25, 0.3) is 0 Å². The van der Waals surface area contributed by atoms with Crippen molar-refractivity contribution >= 4 is 5.96 Å². The maximum Gasteiger partial charge on any atom is 0.191 e. The van der Waals surface area contributed by atoms with E-state index in [9.17, 15) is 0 Å². The molecule has 0 bridgehead atoms. The van der Waals surface area contributed by atoms with Crippen LogP contribution in [0.4, 0.5) is 0 Å². The Balaban J connectivity index is 1.69. The number of rotatable bonds is 4. The Bertz CT molecular complexity index is 612. The number of piperidine rings is 1. The maximum atomic E-state index is 6.14. The van der Waals surface area contributed by atoms with Gasteiger partial charge in [0.15, 0.2) is 5.96 Å². The lowest BCUT2D eigenvalue weighted by Gasteiger charge is -2.27. The van der Waals surface area contributed by atoms with Crippen LogP contribution in [0.3, 0.4) is 0 Å². The van der Waals surface area contributed by atoms with Crippen LogP contribution in [0.15, 0.2) is 47.7 Å². The largest absolute Gasteiger partial charge is 0.370 e. The fraction of sp³-hybridized carbons (Fsp3) is 0.412. The predicted octanol–water partition coefficient (Wildman–Crippen LogP) is 2.23. The maximum absolute atomic E-state index is 6.14. The van der Waals surface area contributed by atoms with Crippen LogP contribution in [-0.4, -0.2) is 33.7 Å². The molecule has 0 amide bonds. The lowest BCUT2D eigenvalue weighted by Crippen LogP contribution is -2.40. The number of aromatic nitrogens is 2. The molecule has 116 valence electrons. The fourth-order valence-electron chi connectivity index (χ4n) is 2.82. The van der Waals surface area contributed by atoms with Crippen molar-refractivity contribution in [1.29, 1.82) is 0 Å². The van der Waals surface area contributed by atoms with Crippen molar-refractivity contribution in [2.24, 2.45) is 10.7 Å². The summed E-state index contributed by atoms with van der Waals surface area (Å²) < 4.78 is 1.93. The number of aliphatic imine (C=N–C) groups is 1. The Morgan fingerprint density at radius 2 is 1.86 bits per heavy atom. The Hall–Kier alpha value is -2.30. The van der Waals surface area contributed by atoms with E-state index < -0.39 is 0 Å². The molecule has 0 aliphatic carbocycles. The van der Waals surface area contributed by atoms with E-state index in [0.717, 1.165) is 19.6 Å². The van der Waals surface area contributed by atoms with Gasteiger partial charge in [-0.05, 0) is 36.5 Å². The lowest BCUT2D eigenvalue weighted by molar-refractivity contribution is 0.338. The number of likely N-dealkylation sites (tertiary alicyclic amines) is 1. The van der Waals surface area contributed by atoms with E-state index in [1.165, 1.54) is 30.4 Å². The van der Waals surface area contributed by atoms with E-state index in [-0.39, 0.29) is 0 Å². The molecule has 5 heteroatoms. The molecule has 0 unspecified atom stereocenters. The first-order valence-corrected chi connectivity index (χ1v) is 7.92. The van der Waals surface area contributed by atoms with Gasteiger partial charge >= 0.3 is 0 Å². The molecule has 1 aliphatic rings. The molecular weight excluding hydrogens is 274 g/mol. The number of nitrogens with zero attached hydrogens (tertiary/aromatic N) is 4. The van der Waals surface area contributed by atoms with Crippen LogP contribution >= 0.6 is 0 Å². The van der Waals surface area contributed by atoms with Crippen LogP contribution in [0.2, 0.25) is 0 Å².